The lowest BCUT2D eigenvalue weighted by molar-refractivity contribution is -0.142. The Bertz CT molecular complexity index is 851. The van der Waals surface area contributed by atoms with Gasteiger partial charge in [-0.15, -0.1) is 6.58 Å². The molecule has 0 fully saturated rings. The van der Waals surface area contributed by atoms with Gasteiger partial charge in [-0.2, -0.15) is 11.8 Å². The molecule has 7 nitrogen and oxygen atoms in total. The fourth-order valence-electron chi connectivity index (χ4n) is 3.84. The monoisotopic (exact) mass is 519 g/mol. The van der Waals surface area contributed by atoms with Crippen LogP contribution in [0.2, 0.25) is 0 Å². The quantitative estimate of drug-likeness (QED) is 0.328. The van der Waals surface area contributed by atoms with Crippen LogP contribution < -0.4 is 10.6 Å². The molecule has 1 aromatic carbocycles. The Kier molecular flexibility index (Phi) is 13.7. The number of carbonyl (C=O) groups excluding carboxylic acids is 3. The molecule has 0 aliphatic rings. The molecule has 2 N–H and O–H groups in total. The van der Waals surface area contributed by atoms with Crippen LogP contribution in [0.1, 0.15) is 78.0 Å². The summed E-state index contributed by atoms with van der Waals surface area (Å²) in [5.74, 6) is 0.0537. The van der Waals surface area contributed by atoms with Crippen molar-refractivity contribution in [1.29, 1.82) is 0 Å². The number of carbonyl (C=O) groups is 3. The van der Waals surface area contributed by atoms with Crippen molar-refractivity contribution in [3.8, 4) is 0 Å². The Labute approximate surface area is 221 Å². The second-order valence-electron chi connectivity index (χ2n) is 9.96. The normalized spacial score (nSPS) is 13.8. The third kappa shape index (κ3) is 10.6. The maximum atomic E-state index is 13.9. The highest BCUT2D eigenvalue weighted by Gasteiger charge is 2.36. The Balaban J connectivity index is 3.41. The molecule has 0 saturated carbocycles. The fourth-order valence-corrected chi connectivity index (χ4v) is 4.31. The molecular formula is C28H45N3O4S. The van der Waals surface area contributed by atoms with E-state index < -0.39 is 23.8 Å². The third-order valence-corrected chi connectivity index (χ3v) is 6.23. The van der Waals surface area contributed by atoms with E-state index in [2.05, 4.69) is 31.1 Å². The zero-order valence-corrected chi connectivity index (χ0v) is 23.9. The molecule has 0 bridgehead atoms. The lowest BCUT2D eigenvalue weighted by atomic mass is 9.99. The van der Waals surface area contributed by atoms with E-state index in [1.165, 1.54) is 4.90 Å². The fraction of sp³-hybridized carbons (Fsp3) is 0.607. The molecule has 0 aromatic heterocycles. The number of amides is 3. The second kappa shape index (κ2) is 15.6. The summed E-state index contributed by atoms with van der Waals surface area (Å²) in [7, 11) is 0. The summed E-state index contributed by atoms with van der Waals surface area (Å²) < 4.78 is 5.41. The summed E-state index contributed by atoms with van der Waals surface area (Å²) in [6.45, 7) is 15.4. The molecule has 1 rings (SSSR count). The van der Waals surface area contributed by atoms with E-state index in [9.17, 15) is 14.4 Å². The number of alkyl carbamates (subject to hydrolysis) is 1. The van der Waals surface area contributed by atoms with Crippen molar-refractivity contribution in [2.75, 3.05) is 18.6 Å². The first-order chi connectivity index (χ1) is 17.0. The zero-order chi connectivity index (χ0) is 27.3. The van der Waals surface area contributed by atoms with Crippen LogP contribution in [0.15, 0.2) is 36.9 Å². The first kappa shape index (κ1) is 31.5. The number of aryl methyl sites for hydroxylation is 1. The summed E-state index contributed by atoms with van der Waals surface area (Å²) in [6, 6.07) is 6.01. The lowest BCUT2D eigenvalue weighted by Gasteiger charge is -2.34. The van der Waals surface area contributed by atoms with Crippen molar-refractivity contribution in [2.24, 2.45) is 0 Å². The van der Waals surface area contributed by atoms with Gasteiger partial charge in [0.15, 0.2) is 0 Å². The van der Waals surface area contributed by atoms with E-state index in [-0.39, 0.29) is 24.4 Å². The molecule has 0 aliphatic carbocycles. The van der Waals surface area contributed by atoms with Crippen molar-refractivity contribution < 1.29 is 19.1 Å². The lowest BCUT2D eigenvalue weighted by Crippen LogP contribution is -2.53. The van der Waals surface area contributed by atoms with Gasteiger partial charge in [0.05, 0.1) is 0 Å². The average Bonchev–Trinajstić information content (AvgIpc) is 2.80. The molecule has 1 aromatic rings. The van der Waals surface area contributed by atoms with Crippen LogP contribution in [0.3, 0.4) is 0 Å². The minimum atomic E-state index is -0.863. The van der Waals surface area contributed by atoms with E-state index in [0.29, 0.717) is 17.7 Å². The SMILES string of the molecule is C=CCN(C(=O)C(CCSC)NC(=O)OC(C)(C)C)C(C(=O)NC(C)CCC)c1ccc(CC)cc1. The molecule has 3 amide bonds. The topological polar surface area (TPSA) is 87.7 Å². The maximum Gasteiger partial charge on any atom is 0.408 e. The summed E-state index contributed by atoms with van der Waals surface area (Å²) >= 11 is 1.58. The molecule has 36 heavy (non-hydrogen) atoms. The van der Waals surface area contributed by atoms with Gasteiger partial charge in [0.1, 0.15) is 17.7 Å². The smallest absolute Gasteiger partial charge is 0.408 e. The van der Waals surface area contributed by atoms with Crippen LogP contribution in [-0.2, 0) is 20.7 Å². The van der Waals surface area contributed by atoms with Gasteiger partial charge in [0, 0.05) is 12.6 Å². The van der Waals surface area contributed by atoms with E-state index in [1.54, 1.807) is 38.6 Å². The number of hydrogen-bond acceptors (Lipinski definition) is 5. The van der Waals surface area contributed by atoms with Crippen LogP contribution in [0.5, 0.6) is 0 Å². The van der Waals surface area contributed by atoms with Gasteiger partial charge in [0.25, 0.3) is 0 Å². The molecule has 0 spiro atoms. The van der Waals surface area contributed by atoms with Crippen molar-refractivity contribution >= 4 is 29.7 Å². The number of thioether (sulfide) groups is 1. The van der Waals surface area contributed by atoms with E-state index >= 15 is 0 Å². The van der Waals surface area contributed by atoms with Gasteiger partial charge in [-0.3, -0.25) is 9.59 Å². The highest BCUT2D eigenvalue weighted by atomic mass is 32.2. The first-order valence-electron chi connectivity index (χ1n) is 12.8. The van der Waals surface area contributed by atoms with Crippen molar-refractivity contribution in [3.63, 3.8) is 0 Å². The predicted octanol–water partition coefficient (Wildman–Crippen LogP) is 5.26. The Morgan fingerprint density at radius 3 is 2.25 bits per heavy atom. The zero-order valence-electron chi connectivity index (χ0n) is 23.1. The molecule has 0 radical (unpaired) electrons. The Morgan fingerprint density at radius 2 is 1.75 bits per heavy atom. The van der Waals surface area contributed by atoms with Gasteiger partial charge in [-0.1, -0.05) is 50.6 Å². The number of rotatable bonds is 14. The summed E-state index contributed by atoms with van der Waals surface area (Å²) in [4.78, 5) is 41.6. The number of nitrogens with zero attached hydrogens (tertiary/aromatic N) is 1. The second-order valence-corrected chi connectivity index (χ2v) is 10.9. The minimum absolute atomic E-state index is 0.0345. The van der Waals surface area contributed by atoms with Crippen LogP contribution in [0, 0.1) is 0 Å². The number of benzene rings is 1. The van der Waals surface area contributed by atoms with Gasteiger partial charge in [-0.05, 0) is 70.1 Å². The molecule has 8 heteroatoms. The van der Waals surface area contributed by atoms with Crippen molar-refractivity contribution in [2.45, 2.75) is 91.0 Å². The predicted molar refractivity (Wildman–Crippen MR) is 149 cm³/mol. The molecule has 3 atom stereocenters. The Morgan fingerprint density at radius 1 is 1.11 bits per heavy atom. The summed E-state index contributed by atoms with van der Waals surface area (Å²) in [6.07, 6.45) is 5.93. The minimum Gasteiger partial charge on any atom is -0.444 e. The van der Waals surface area contributed by atoms with Crippen molar-refractivity contribution in [1.82, 2.24) is 15.5 Å². The molecular weight excluding hydrogens is 474 g/mol. The van der Waals surface area contributed by atoms with E-state index in [1.807, 2.05) is 37.4 Å². The van der Waals surface area contributed by atoms with Gasteiger partial charge in [-0.25, -0.2) is 4.79 Å². The van der Waals surface area contributed by atoms with Gasteiger partial charge >= 0.3 is 6.09 Å². The molecule has 202 valence electrons. The van der Waals surface area contributed by atoms with Crippen LogP contribution in [0.4, 0.5) is 4.79 Å². The number of nitrogens with one attached hydrogen (secondary N) is 2. The van der Waals surface area contributed by atoms with E-state index in [4.69, 9.17) is 4.74 Å². The molecule has 3 unspecified atom stereocenters. The molecule has 0 heterocycles. The maximum absolute atomic E-state index is 13.9. The van der Waals surface area contributed by atoms with Gasteiger partial charge < -0.3 is 20.3 Å². The largest absolute Gasteiger partial charge is 0.444 e. The highest BCUT2D eigenvalue weighted by Crippen LogP contribution is 2.24. The van der Waals surface area contributed by atoms with Crippen LogP contribution >= 0.6 is 11.8 Å². The molecule has 0 aliphatic heterocycles. The highest BCUT2D eigenvalue weighted by molar-refractivity contribution is 7.98. The summed E-state index contributed by atoms with van der Waals surface area (Å²) in [5.41, 5.74) is 1.16. The first-order valence-corrected chi connectivity index (χ1v) is 14.2. The number of ether oxygens (including phenoxy) is 1. The van der Waals surface area contributed by atoms with Crippen molar-refractivity contribution in [3.05, 3.63) is 48.0 Å². The van der Waals surface area contributed by atoms with Crippen LogP contribution in [0.25, 0.3) is 0 Å². The standard InChI is InChI=1S/C28H45N3O4S/c1-9-12-20(4)29-25(32)24(22-15-13-21(11-3)14-16-22)31(18-10-2)26(33)23(17-19-36-8)30-27(34)35-28(5,6)7/h10,13-16,20,23-24H,2,9,11-12,17-19H2,1,3-8H3,(H,29,32)(H,30,34). The average molecular weight is 520 g/mol. The van der Waals surface area contributed by atoms with Gasteiger partial charge in [0.2, 0.25) is 11.8 Å². The molecule has 0 saturated heterocycles. The van der Waals surface area contributed by atoms with E-state index in [0.717, 1.165) is 24.8 Å². The Hall–Kier alpha value is -2.48. The number of hydrogen-bond donors (Lipinski definition) is 2. The van der Waals surface area contributed by atoms with Crippen LogP contribution in [-0.4, -0.2) is 59.0 Å². The third-order valence-electron chi connectivity index (χ3n) is 5.58. The summed E-state index contributed by atoms with van der Waals surface area (Å²) in [5, 5.41) is 5.81.